The lowest BCUT2D eigenvalue weighted by molar-refractivity contribution is -0.137. The Hall–Kier alpha value is -1.18. The van der Waals surface area contributed by atoms with Crippen molar-refractivity contribution in [1.82, 2.24) is 0 Å². The largest absolute Gasteiger partial charge is 0.480 e. The lowest BCUT2D eigenvalue weighted by Gasteiger charge is -2.28. The van der Waals surface area contributed by atoms with Crippen LogP contribution in [0.1, 0.15) is 6.92 Å². The number of nitrogens with zero attached hydrogens (tertiary/aromatic N) is 1. The van der Waals surface area contributed by atoms with Crippen molar-refractivity contribution < 1.29 is 18.3 Å². The summed E-state index contributed by atoms with van der Waals surface area (Å²) in [4.78, 5) is 11.2. The first-order chi connectivity index (χ1) is 11.5. The van der Waals surface area contributed by atoms with Gasteiger partial charge in [0.05, 0.1) is 20.6 Å². The van der Waals surface area contributed by atoms with Crippen molar-refractivity contribution in [2.24, 2.45) is 0 Å². The van der Waals surface area contributed by atoms with E-state index >= 15 is 0 Å². The Bertz CT molecular complexity index is 913. The summed E-state index contributed by atoms with van der Waals surface area (Å²) < 4.78 is 26.8. The number of sulfonamides is 1. The summed E-state index contributed by atoms with van der Waals surface area (Å²) in [6, 6.07) is 6.29. The highest BCUT2D eigenvalue weighted by Gasteiger charge is 2.34. The summed E-state index contributed by atoms with van der Waals surface area (Å²) in [6.07, 6.45) is 0. The molecule has 0 heterocycles. The fraction of sp³-hybridized carbons (Fsp3) is 0.133. The summed E-state index contributed by atoms with van der Waals surface area (Å²) in [5.41, 5.74) is 0.0125. The molecule has 0 bridgehead atoms. The minimum Gasteiger partial charge on any atom is -0.480 e. The van der Waals surface area contributed by atoms with Crippen LogP contribution in [0.3, 0.4) is 0 Å². The van der Waals surface area contributed by atoms with E-state index in [1.54, 1.807) is 0 Å². The zero-order valence-electron chi connectivity index (χ0n) is 12.6. The molecule has 0 aliphatic rings. The number of aliphatic carboxylic acids is 1. The number of carbonyl (C=O) groups is 1. The average molecular weight is 443 g/mol. The SMILES string of the molecule is CC(C(=O)O)N(c1cc(Cl)cc(Cl)c1)S(=O)(=O)c1ccc(Cl)c(Cl)c1. The standard InChI is InChI=1S/C15H11Cl4NO4S/c1-8(15(21)22)20(11-5-9(16)4-10(17)6-11)25(23,24)12-2-3-13(18)14(19)7-12/h2-8H,1H3,(H,21,22). The van der Waals surface area contributed by atoms with Crippen LogP contribution in [-0.4, -0.2) is 25.5 Å². The molecule has 1 N–H and O–H groups in total. The van der Waals surface area contributed by atoms with E-state index in [-0.39, 0.29) is 30.7 Å². The van der Waals surface area contributed by atoms with E-state index in [9.17, 15) is 18.3 Å². The molecular formula is C15H11Cl4NO4S. The molecule has 0 saturated carbocycles. The van der Waals surface area contributed by atoms with Crippen molar-refractivity contribution in [2.45, 2.75) is 17.9 Å². The Labute approximate surface area is 164 Å². The molecule has 0 spiro atoms. The zero-order chi connectivity index (χ0) is 18.9. The van der Waals surface area contributed by atoms with Gasteiger partial charge in [-0.2, -0.15) is 0 Å². The highest BCUT2D eigenvalue weighted by Crippen LogP contribution is 2.33. The summed E-state index contributed by atoms with van der Waals surface area (Å²) in [7, 11) is -4.28. The molecule has 5 nitrogen and oxygen atoms in total. The van der Waals surface area contributed by atoms with Crippen LogP contribution in [-0.2, 0) is 14.8 Å². The van der Waals surface area contributed by atoms with E-state index in [0.717, 1.165) is 6.07 Å². The number of benzene rings is 2. The Morgan fingerprint density at radius 2 is 1.56 bits per heavy atom. The molecule has 1 atom stereocenters. The highest BCUT2D eigenvalue weighted by atomic mass is 35.5. The van der Waals surface area contributed by atoms with Crippen molar-refractivity contribution >= 4 is 68.1 Å². The second kappa shape index (κ2) is 7.60. The van der Waals surface area contributed by atoms with E-state index in [1.807, 2.05) is 0 Å². The molecule has 1 unspecified atom stereocenters. The van der Waals surface area contributed by atoms with E-state index in [1.165, 1.54) is 37.3 Å². The van der Waals surface area contributed by atoms with Crippen LogP contribution in [0.5, 0.6) is 0 Å². The van der Waals surface area contributed by atoms with Crippen LogP contribution >= 0.6 is 46.4 Å². The van der Waals surface area contributed by atoms with Gasteiger partial charge in [0.25, 0.3) is 10.0 Å². The van der Waals surface area contributed by atoms with E-state index in [4.69, 9.17) is 46.4 Å². The van der Waals surface area contributed by atoms with Crippen LogP contribution in [0.2, 0.25) is 20.1 Å². The maximum Gasteiger partial charge on any atom is 0.327 e. The van der Waals surface area contributed by atoms with Gasteiger partial charge in [0.2, 0.25) is 0 Å². The Balaban J connectivity index is 2.69. The van der Waals surface area contributed by atoms with Crippen LogP contribution in [0.4, 0.5) is 5.69 Å². The minimum atomic E-state index is -4.28. The van der Waals surface area contributed by atoms with Gasteiger partial charge < -0.3 is 5.11 Å². The smallest absolute Gasteiger partial charge is 0.327 e. The third kappa shape index (κ3) is 4.33. The Kier molecular flexibility index (Phi) is 6.12. The molecule has 0 aliphatic heterocycles. The number of hydrogen-bond donors (Lipinski definition) is 1. The Morgan fingerprint density at radius 3 is 2.04 bits per heavy atom. The average Bonchev–Trinajstić information content (AvgIpc) is 2.48. The molecule has 134 valence electrons. The van der Waals surface area contributed by atoms with Gasteiger partial charge in [0.1, 0.15) is 6.04 Å². The molecule has 10 heteroatoms. The quantitative estimate of drug-likeness (QED) is 0.709. The van der Waals surface area contributed by atoms with Crippen molar-refractivity contribution in [3.05, 3.63) is 56.5 Å². The maximum atomic E-state index is 13.0. The van der Waals surface area contributed by atoms with Crippen LogP contribution in [0.25, 0.3) is 0 Å². The van der Waals surface area contributed by atoms with Crippen LogP contribution in [0.15, 0.2) is 41.3 Å². The number of hydrogen-bond acceptors (Lipinski definition) is 3. The lowest BCUT2D eigenvalue weighted by Crippen LogP contribution is -2.43. The molecule has 0 radical (unpaired) electrons. The topological polar surface area (TPSA) is 74.7 Å². The summed E-state index contributed by atoms with van der Waals surface area (Å²) in [5, 5.41) is 9.86. The van der Waals surface area contributed by atoms with Gasteiger partial charge in [-0.25, -0.2) is 13.2 Å². The van der Waals surface area contributed by atoms with Crippen molar-refractivity contribution in [3.63, 3.8) is 0 Å². The van der Waals surface area contributed by atoms with Crippen molar-refractivity contribution in [3.8, 4) is 0 Å². The zero-order valence-corrected chi connectivity index (χ0v) is 16.4. The molecule has 2 aromatic rings. The first-order valence-electron chi connectivity index (χ1n) is 6.72. The second-order valence-corrected chi connectivity index (χ2v) is 8.52. The van der Waals surface area contributed by atoms with E-state index in [2.05, 4.69) is 0 Å². The number of rotatable bonds is 5. The Morgan fingerprint density at radius 1 is 1.00 bits per heavy atom. The van der Waals surface area contributed by atoms with E-state index < -0.39 is 22.0 Å². The van der Waals surface area contributed by atoms with Gasteiger partial charge >= 0.3 is 5.97 Å². The molecule has 25 heavy (non-hydrogen) atoms. The molecule has 0 saturated heterocycles. The van der Waals surface area contributed by atoms with Gasteiger partial charge in [-0.15, -0.1) is 0 Å². The van der Waals surface area contributed by atoms with Gasteiger partial charge in [0, 0.05) is 10.0 Å². The van der Waals surface area contributed by atoms with Crippen LogP contribution in [0, 0.1) is 0 Å². The molecule has 0 aliphatic carbocycles. The van der Waals surface area contributed by atoms with Crippen molar-refractivity contribution in [1.29, 1.82) is 0 Å². The number of halogens is 4. The van der Waals surface area contributed by atoms with Crippen LogP contribution < -0.4 is 4.31 Å². The normalized spacial score (nSPS) is 12.7. The lowest BCUT2D eigenvalue weighted by atomic mass is 10.2. The highest BCUT2D eigenvalue weighted by molar-refractivity contribution is 7.93. The third-order valence-corrected chi connectivity index (χ3v) is 6.33. The summed E-state index contributed by atoms with van der Waals surface area (Å²) in [6.45, 7) is 1.23. The monoisotopic (exact) mass is 441 g/mol. The first kappa shape index (κ1) is 20.1. The molecular weight excluding hydrogens is 432 g/mol. The number of carboxylic acid groups (broad SMARTS) is 1. The summed E-state index contributed by atoms with van der Waals surface area (Å²) >= 11 is 23.6. The fourth-order valence-electron chi connectivity index (χ4n) is 2.09. The molecule has 2 rings (SSSR count). The minimum absolute atomic E-state index is 0.0125. The predicted molar refractivity (Wildman–Crippen MR) is 99.7 cm³/mol. The molecule has 0 amide bonds. The number of carboxylic acids is 1. The predicted octanol–water partition coefficient (Wildman–Crippen LogP) is 4.97. The number of anilines is 1. The van der Waals surface area contributed by atoms with E-state index in [0.29, 0.717) is 4.31 Å². The molecule has 0 fully saturated rings. The van der Waals surface area contributed by atoms with Gasteiger partial charge in [-0.3, -0.25) is 4.31 Å². The molecule has 2 aromatic carbocycles. The van der Waals surface area contributed by atoms with Crippen molar-refractivity contribution in [2.75, 3.05) is 4.31 Å². The third-order valence-electron chi connectivity index (χ3n) is 3.26. The fourth-order valence-corrected chi connectivity index (χ4v) is 4.59. The first-order valence-corrected chi connectivity index (χ1v) is 9.67. The second-order valence-electron chi connectivity index (χ2n) is 5.02. The van der Waals surface area contributed by atoms with Gasteiger partial charge in [-0.05, 0) is 43.3 Å². The summed E-state index contributed by atoms with van der Waals surface area (Å²) in [5.74, 6) is -1.35. The van der Waals surface area contributed by atoms with Gasteiger partial charge in [0.15, 0.2) is 0 Å². The van der Waals surface area contributed by atoms with Gasteiger partial charge in [-0.1, -0.05) is 46.4 Å². The maximum absolute atomic E-state index is 13.0. The molecule has 0 aromatic heterocycles.